The summed E-state index contributed by atoms with van der Waals surface area (Å²) in [7, 11) is 0. The van der Waals surface area contributed by atoms with Gasteiger partial charge in [-0.3, -0.25) is 4.79 Å². The second kappa shape index (κ2) is 3.16. The number of esters is 1. The number of ketones is 1. The molecule has 2 heterocycles. The smallest absolute Gasteiger partial charge is 0.381 e. The number of carbonyl (C=O) groups is 2. The monoisotopic (exact) mass is 216 g/mol. The number of rotatable bonds is 0. The van der Waals surface area contributed by atoms with Crippen LogP contribution >= 0.6 is 0 Å². The van der Waals surface area contributed by atoms with Crippen LogP contribution in [0.15, 0.2) is 29.3 Å². The lowest BCUT2D eigenvalue weighted by Gasteiger charge is -2.28. The first-order valence-electron chi connectivity index (χ1n) is 4.93. The molecule has 1 unspecified atom stereocenters. The molecule has 1 atom stereocenters. The van der Waals surface area contributed by atoms with Gasteiger partial charge in [0.2, 0.25) is 11.7 Å². The summed E-state index contributed by atoms with van der Waals surface area (Å²) in [6.45, 7) is 0. The Kier molecular flexibility index (Phi) is 1.80. The summed E-state index contributed by atoms with van der Waals surface area (Å²) in [4.78, 5) is 26.5. The molecule has 0 aliphatic carbocycles. The van der Waals surface area contributed by atoms with E-state index in [2.05, 4.69) is 10.3 Å². The standard InChI is InChI=1S/C11H8N2O3/c14-9-5-8-10(16-11(9)15)13-7-4-2-1-3-6(7)12-8/h1-4,8,12H,5H2. The van der Waals surface area contributed by atoms with E-state index in [0.717, 1.165) is 11.4 Å². The van der Waals surface area contributed by atoms with Crippen LogP contribution in [0, 0.1) is 0 Å². The van der Waals surface area contributed by atoms with E-state index in [-0.39, 0.29) is 18.4 Å². The highest BCUT2D eigenvalue weighted by molar-refractivity contribution is 6.38. The number of fused-ring (bicyclic) bond motifs is 2. The highest BCUT2D eigenvalue weighted by atomic mass is 16.6. The molecule has 1 N–H and O–H groups in total. The van der Waals surface area contributed by atoms with Crippen molar-refractivity contribution in [3.63, 3.8) is 0 Å². The molecule has 1 saturated heterocycles. The van der Waals surface area contributed by atoms with E-state index in [0.29, 0.717) is 0 Å². The fourth-order valence-electron chi connectivity index (χ4n) is 1.79. The maximum atomic E-state index is 11.2. The summed E-state index contributed by atoms with van der Waals surface area (Å²) in [5.41, 5.74) is 1.57. The number of hydrogen-bond acceptors (Lipinski definition) is 5. The van der Waals surface area contributed by atoms with Gasteiger partial charge >= 0.3 is 5.97 Å². The first-order chi connectivity index (χ1) is 7.74. The van der Waals surface area contributed by atoms with Crippen molar-refractivity contribution < 1.29 is 14.3 Å². The number of anilines is 1. The molecule has 0 aromatic heterocycles. The fraction of sp³-hybridized carbons (Fsp3) is 0.182. The lowest BCUT2D eigenvalue weighted by atomic mass is 10.1. The third-order valence-corrected chi connectivity index (χ3v) is 2.58. The minimum Gasteiger partial charge on any atom is -0.403 e. The number of hydrogen-bond donors (Lipinski definition) is 1. The SMILES string of the molecule is O=C1CC2Nc3ccccc3N=C2OC1=O. The molecule has 0 saturated carbocycles. The first-order valence-corrected chi connectivity index (χ1v) is 4.93. The number of Topliss-reactive ketones (excluding diaryl/α,β-unsaturated/α-hetero) is 1. The van der Waals surface area contributed by atoms with Crippen LogP contribution in [0.2, 0.25) is 0 Å². The fourth-order valence-corrected chi connectivity index (χ4v) is 1.79. The van der Waals surface area contributed by atoms with Crippen molar-refractivity contribution in [2.45, 2.75) is 12.5 Å². The van der Waals surface area contributed by atoms with Crippen LogP contribution in [0.5, 0.6) is 0 Å². The summed E-state index contributed by atoms with van der Waals surface area (Å²) in [6, 6.07) is 7.09. The van der Waals surface area contributed by atoms with Crippen molar-refractivity contribution in [2.24, 2.45) is 4.99 Å². The molecule has 1 fully saturated rings. The summed E-state index contributed by atoms with van der Waals surface area (Å²) in [5, 5.41) is 3.12. The van der Waals surface area contributed by atoms with Gasteiger partial charge in [-0.05, 0) is 12.1 Å². The van der Waals surface area contributed by atoms with Gasteiger partial charge in [0, 0.05) is 6.42 Å². The number of ether oxygens (including phenoxy) is 1. The summed E-state index contributed by atoms with van der Waals surface area (Å²) in [6.07, 6.45) is 0.103. The zero-order valence-electron chi connectivity index (χ0n) is 8.27. The van der Waals surface area contributed by atoms with Crippen molar-refractivity contribution in [3.05, 3.63) is 24.3 Å². The van der Waals surface area contributed by atoms with Gasteiger partial charge < -0.3 is 10.1 Å². The second-order valence-electron chi connectivity index (χ2n) is 3.68. The lowest BCUT2D eigenvalue weighted by molar-refractivity contribution is -0.149. The number of para-hydroxylation sites is 2. The van der Waals surface area contributed by atoms with Gasteiger partial charge in [-0.2, -0.15) is 0 Å². The lowest BCUT2D eigenvalue weighted by Crippen LogP contribution is -2.44. The third kappa shape index (κ3) is 1.29. The number of nitrogens with one attached hydrogen (secondary N) is 1. The van der Waals surface area contributed by atoms with Crippen molar-refractivity contribution in [1.82, 2.24) is 0 Å². The molecule has 2 aliphatic heterocycles. The maximum absolute atomic E-state index is 11.2. The van der Waals surface area contributed by atoms with E-state index in [4.69, 9.17) is 4.74 Å². The van der Waals surface area contributed by atoms with Crippen LogP contribution in [-0.2, 0) is 14.3 Å². The molecule has 0 radical (unpaired) electrons. The zero-order chi connectivity index (χ0) is 11.1. The molecular formula is C11H8N2O3. The van der Waals surface area contributed by atoms with E-state index < -0.39 is 11.8 Å². The Labute approximate surface area is 91.1 Å². The summed E-state index contributed by atoms with van der Waals surface area (Å²) >= 11 is 0. The first kappa shape index (κ1) is 9.08. The number of carbonyl (C=O) groups excluding carboxylic acids is 2. The number of benzene rings is 1. The highest BCUT2D eigenvalue weighted by Crippen LogP contribution is 2.31. The maximum Gasteiger partial charge on any atom is 0.381 e. The largest absolute Gasteiger partial charge is 0.403 e. The summed E-state index contributed by atoms with van der Waals surface area (Å²) < 4.78 is 4.86. The minimum absolute atomic E-state index is 0.103. The van der Waals surface area contributed by atoms with Gasteiger partial charge in [0.25, 0.3) is 0 Å². The van der Waals surface area contributed by atoms with Gasteiger partial charge in [-0.1, -0.05) is 12.1 Å². The average Bonchev–Trinajstić information content (AvgIpc) is 2.28. The quantitative estimate of drug-likeness (QED) is 0.519. The van der Waals surface area contributed by atoms with Gasteiger partial charge in [0.05, 0.1) is 11.4 Å². The Morgan fingerprint density at radius 2 is 2.12 bits per heavy atom. The van der Waals surface area contributed by atoms with E-state index in [1.807, 2.05) is 24.3 Å². The van der Waals surface area contributed by atoms with Crippen LogP contribution in [-0.4, -0.2) is 23.7 Å². The van der Waals surface area contributed by atoms with Crippen LogP contribution in [0.4, 0.5) is 11.4 Å². The molecule has 0 bridgehead atoms. The van der Waals surface area contributed by atoms with E-state index >= 15 is 0 Å². The van der Waals surface area contributed by atoms with Gasteiger partial charge in [0.15, 0.2) is 0 Å². The average molecular weight is 216 g/mol. The molecule has 3 rings (SSSR count). The molecular weight excluding hydrogens is 208 g/mol. The minimum atomic E-state index is -0.823. The predicted octanol–water partition coefficient (Wildman–Crippen LogP) is 1.03. The Morgan fingerprint density at radius 1 is 1.31 bits per heavy atom. The van der Waals surface area contributed by atoms with E-state index in [1.54, 1.807) is 0 Å². The Morgan fingerprint density at radius 3 is 3.00 bits per heavy atom. The van der Waals surface area contributed by atoms with Crippen molar-refractivity contribution in [2.75, 3.05) is 5.32 Å². The van der Waals surface area contributed by atoms with E-state index in [1.165, 1.54) is 0 Å². The van der Waals surface area contributed by atoms with Gasteiger partial charge in [-0.15, -0.1) is 0 Å². The van der Waals surface area contributed by atoms with Gasteiger partial charge in [0.1, 0.15) is 6.04 Å². The predicted molar refractivity (Wildman–Crippen MR) is 56.7 cm³/mol. The van der Waals surface area contributed by atoms with Crippen LogP contribution < -0.4 is 5.32 Å². The molecule has 2 aliphatic rings. The Balaban J connectivity index is 2.03. The van der Waals surface area contributed by atoms with Crippen LogP contribution in [0.25, 0.3) is 0 Å². The van der Waals surface area contributed by atoms with Crippen molar-refractivity contribution in [1.29, 1.82) is 0 Å². The van der Waals surface area contributed by atoms with Crippen LogP contribution in [0.1, 0.15) is 6.42 Å². The molecule has 0 spiro atoms. The molecule has 5 heteroatoms. The summed E-state index contributed by atoms with van der Waals surface area (Å²) in [5.74, 6) is -1.06. The van der Waals surface area contributed by atoms with Gasteiger partial charge in [-0.25, -0.2) is 9.79 Å². The molecule has 5 nitrogen and oxygen atoms in total. The topological polar surface area (TPSA) is 67.8 Å². The van der Waals surface area contributed by atoms with Crippen LogP contribution in [0.3, 0.4) is 0 Å². The normalized spacial score (nSPS) is 22.5. The highest BCUT2D eigenvalue weighted by Gasteiger charge is 2.36. The Hall–Kier alpha value is -2.17. The molecule has 16 heavy (non-hydrogen) atoms. The molecule has 80 valence electrons. The third-order valence-electron chi connectivity index (χ3n) is 2.58. The molecule has 0 amide bonds. The van der Waals surface area contributed by atoms with E-state index in [9.17, 15) is 9.59 Å². The second-order valence-corrected chi connectivity index (χ2v) is 3.68. The zero-order valence-corrected chi connectivity index (χ0v) is 8.27. The number of aliphatic imine (C=N–C) groups is 1. The molecule has 1 aromatic rings. The van der Waals surface area contributed by atoms with Crippen molar-refractivity contribution >= 4 is 29.0 Å². The van der Waals surface area contributed by atoms with Crippen molar-refractivity contribution in [3.8, 4) is 0 Å². The molecule has 1 aromatic carbocycles. The number of nitrogens with zero attached hydrogens (tertiary/aromatic N) is 1. The Bertz CT molecular complexity index is 522.